The Kier molecular flexibility index (Phi) is 2.78. The van der Waals surface area contributed by atoms with Gasteiger partial charge >= 0.3 is 0 Å². The van der Waals surface area contributed by atoms with Crippen LogP contribution in [0, 0.1) is 0 Å². The predicted molar refractivity (Wildman–Crippen MR) is 81.8 cm³/mol. The second kappa shape index (κ2) is 4.32. The number of aryl methyl sites for hydroxylation is 1. The maximum Gasteiger partial charge on any atom is 0.209 e. The van der Waals surface area contributed by atoms with Crippen molar-refractivity contribution in [2.24, 2.45) is 0 Å². The Hall–Kier alpha value is -0.850. The number of aromatic nitrogens is 2. The number of nitrogens with zero attached hydrogens (tertiary/aromatic N) is 2. The first-order chi connectivity index (χ1) is 9.55. The number of ether oxygens (including phenoxy) is 1. The molecule has 2 aliphatic rings. The molecule has 0 unspecified atom stereocenters. The van der Waals surface area contributed by atoms with E-state index in [1.807, 2.05) is 13.8 Å². The third kappa shape index (κ3) is 1.85. The molecule has 0 atom stereocenters. The summed E-state index contributed by atoms with van der Waals surface area (Å²) in [5, 5.41) is 1.00. The third-order valence-electron chi connectivity index (χ3n) is 3.90. The molecule has 2 aromatic rings. The van der Waals surface area contributed by atoms with Crippen LogP contribution in [0.15, 0.2) is 9.95 Å². The molecule has 2 aromatic heterocycles. The molecule has 0 aliphatic carbocycles. The highest BCUT2D eigenvalue weighted by Crippen LogP contribution is 2.34. The van der Waals surface area contributed by atoms with Gasteiger partial charge in [-0.2, -0.15) is 0 Å². The van der Waals surface area contributed by atoms with E-state index < -0.39 is 0 Å². The lowest BCUT2D eigenvalue weighted by molar-refractivity contribution is -0.0386. The van der Waals surface area contributed by atoms with Crippen LogP contribution < -0.4 is 5.43 Å². The van der Waals surface area contributed by atoms with Crippen LogP contribution in [-0.2, 0) is 24.3 Å². The standard InChI is InChI=1S/C14H16N2O2S2/c1-14(2)6-8-9(7-18-14)20-12-10(11(8)17)16-4-3-5-19-13(16)15-12/h3-7H2,1-2H3. The summed E-state index contributed by atoms with van der Waals surface area (Å²) in [5.41, 5.74) is 1.68. The molecule has 0 aromatic carbocycles. The summed E-state index contributed by atoms with van der Waals surface area (Å²) < 4.78 is 7.95. The molecule has 20 heavy (non-hydrogen) atoms. The monoisotopic (exact) mass is 308 g/mol. The van der Waals surface area contributed by atoms with Gasteiger partial charge < -0.3 is 9.30 Å². The lowest BCUT2D eigenvalue weighted by atomic mass is 9.95. The number of hydrogen-bond acceptors (Lipinski definition) is 5. The molecule has 0 amide bonds. The summed E-state index contributed by atoms with van der Waals surface area (Å²) in [6, 6.07) is 0. The van der Waals surface area contributed by atoms with Crippen molar-refractivity contribution in [3.8, 4) is 0 Å². The maximum atomic E-state index is 12.9. The number of imidazole rings is 1. The largest absolute Gasteiger partial charge is 0.370 e. The van der Waals surface area contributed by atoms with Gasteiger partial charge in [0.15, 0.2) is 5.16 Å². The lowest BCUT2D eigenvalue weighted by Crippen LogP contribution is -2.35. The van der Waals surface area contributed by atoms with Crippen molar-refractivity contribution < 1.29 is 4.74 Å². The van der Waals surface area contributed by atoms with Crippen LogP contribution >= 0.6 is 23.1 Å². The molecule has 0 saturated carbocycles. The number of hydrogen-bond donors (Lipinski definition) is 0. The van der Waals surface area contributed by atoms with Gasteiger partial charge in [0.25, 0.3) is 0 Å². The Morgan fingerprint density at radius 3 is 3.10 bits per heavy atom. The van der Waals surface area contributed by atoms with Crippen LogP contribution in [0.3, 0.4) is 0 Å². The summed E-state index contributed by atoms with van der Waals surface area (Å²) in [7, 11) is 0. The van der Waals surface area contributed by atoms with E-state index >= 15 is 0 Å². The quantitative estimate of drug-likeness (QED) is 0.750. The minimum atomic E-state index is -0.244. The van der Waals surface area contributed by atoms with Crippen LogP contribution in [0.2, 0.25) is 0 Å². The highest BCUT2D eigenvalue weighted by atomic mass is 32.2. The molecule has 4 rings (SSSR count). The fourth-order valence-corrected chi connectivity index (χ4v) is 4.97. The van der Waals surface area contributed by atoms with Crippen molar-refractivity contribution >= 4 is 33.4 Å². The van der Waals surface area contributed by atoms with Gasteiger partial charge in [-0.15, -0.1) is 11.3 Å². The topological polar surface area (TPSA) is 44.1 Å². The molecular formula is C14H16N2O2S2. The maximum absolute atomic E-state index is 12.9. The smallest absolute Gasteiger partial charge is 0.209 e. The molecule has 0 fully saturated rings. The average molecular weight is 308 g/mol. The Morgan fingerprint density at radius 1 is 1.40 bits per heavy atom. The fraction of sp³-hybridized carbons (Fsp3) is 0.571. The molecule has 0 bridgehead atoms. The minimum absolute atomic E-state index is 0.173. The summed E-state index contributed by atoms with van der Waals surface area (Å²) in [6.45, 7) is 5.55. The normalized spacial score (nSPS) is 20.7. The Morgan fingerprint density at radius 2 is 2.25 bits per heavy atom. The van der Waals surface area contributed by atoms with E-state index in [4.69, 9.17) is 4.74 Å². The van der Waals surface area contributed by atoms with Gasteiger partial charge in [0.05, 0.1) is 12.2 Å². The third-order valence-corrected chi connectivity index (χ3v) is 6.05. The first-order valence-electron chi connectivity index (χ1n) is 6.87. The van der Waals surface area contributed by atoms with E-state index in [2.05, 4.69) is 9.55 Å². The zero-order valence-corrected chi connectivity index (χ0v) is 13.2. The zero-order valence-electron chi connectivity index (χ0n) is 11.6. The molecular weight excluding hydrogens is 292 g/mol. The fourth-order valence-electron chi connectivity index (χ4n) is 2.89. The molecule has 106 valence electrons. The van der Waals surface area contributed by atoms with E-state index in [1.165, 1.54) is 0 Å². The summed E-state index contributed by atoms with van der Waals surface area (Å²) in [6.07, 6.45) is 1.81. The van der Waals surface area contributed by atoms with Crippen LogP contribution in [-0.4, -0.2) is 20.9 Å². The van der Waals surface area contributed by atoms with Gasteiger partial charge in [-0.25, -0.2) is 4.98 Å². The predicted octanol–water partition coefficient (Wildman–Crippen LogP) is 2.81. The zero-order chi connectivity index (χ0) is 13.9. The van der Waals surface area contributed by atoms with Crippen LogP contribution in [0.25, 0.3) is 10.3 Å². The number of fused-ring (bicyclic) bond motifs is 4. The van der Waals surface area contributed by atoms with Gasteiger partial charge in [-0.1, -0.05) is 11.8 Å². The van der Waals surface area contributed by atoms with Gasteiger partial charge in [-0.05, 0) is 20.3 Å². The van der Waals surface area contributed by atoms with Gasteiger partial charge in [-0.3, -0.25) is 4.79 Å². The molecule has 0 saturated heterocycles. The second-order valence-corrected chi connectivity index (χ2v) is 8.11. The highest BCUT2D eigenvalue weighted by Gasteiger charge is 2.31. The van der Waals surface area contributed by atoms with Crippen molar-refractivity contribution in [2.75, 3.05) is 5.75 Å². The summed E-state index contributed by atoms with van der Waals surface area (Å²) in [5.74, 6) is 1.10. The molecule has 0 radical (unpaired) electrons. The Labute approximate surface area is 125 Å². The van der Waals surface area contributed by atoms with E-state index in [0.717, 1.165) is 44.7 Å². The van der Waals surface area contributed by atoms with Gasteiger partial charge in [0.1, 0.15) is 10.3 Å². The van der Waals surface area contributed by atoms with Crippen LogP contribution in [0.1, 0.15) is 30.7 Å². The SMILES string of the molecule is CC1(C)Cc2c(sc3nc4n(c3c2=O)CCCS4)CO1. The van der Waals surface area contributed by atoms with Crippen LogP contribution in [0.5, 0.6) is 0 Å². The van der Waals surface area contributed by atoms with Crippen molar-refractivity contribution in [3.05, 3.63) is 20.7 Å². The first kappa shape index (κ1) is 12.9. The van der Waals surface area contributed by atoms with Crippen molar-refractivity contribution in [2.45, 2.75) is 50.6 Å². The van der Waals surface area contributed by atoms with Gasteiger partial charge in [0, 0.05) is 29.2 Å². The molecule has 4 nitrogen and oxygen atoms in total. The highest BCUT2D eigenvalue weighted by molar-refractivity contribution is 7.99. The number of rotatable bonds is 0. The van der Waals surface area contributed by atoms with E-state index in [0.29, 0.717) is 13.0 Å². The van der Waals surface area contributed by atoms with Crippen LogP contribution in [0.4, 0.5) is 0 Å². The molecule has 2 aliphatic heterocycles. The second-order valence-electron chi connectivity index (χ2n) is 5.96. The van der Waals surface area contributed by atoms with Crippen molar-refractivity contribution in [1.82, 2.24) is 9.55 Å². The van der Waals surface area contributed by atoms with E-state index in [9.17, 15) is 4.79 Å². The number of thioether (sulfide) groups is 1. The molecule has 4 heterocycles. The minimum Gasteiger partial charge on any atom is -0.370 e. The molecule has 6 heteroatoms. The summed E-state index contributed by atoms with van der Waals surface area (Å²) >= 11 is 3.38. The van der Waals surface area contributed by atoms with E-state index in [-0.39, 0.29) is 11.0 Å². The summed E-state index contributed by atoms with van der Waals surface area (Å²) in [4.78, 5) is 19.5. The molecule has 0 N–H and O–H groups in total. The lowest BCUT2D eigenvalue weighted by Gasteiger charge is -2.30. The Balaban J connectivity index is 2.00. The first-order valence-corrected chi connectivity index (χ1v) is 8.67. The Bertz CT molecular complexity index is 761. The van der Waals surface area contributed by atoms with Gasteiger partial charge in [0.2, 0.25) is 5.43 Å². The molecule has 0 spiro atoms. The van der Waals surface area contributed by atoms with E-state index in [1.54, 1.807) is 23.1 Å². The van der Waals surface area contributed by atoms with Crippen molar-refractivity contribution in [3.63, 3.8) is 0 Å². The average Bonchev–Trinajstić information content (AvgIpc) is 2.78. The van der Waals surface area contributed by atoms with Crippen molar-refractivity contribution in [1.29, 1.82) is 0 Å².